The van der Waals surface area contributed by atoms with Crippen LogP contribution in [0.1, 0.15) is 44.1 Å². The van der Waals surface area contributed by atoms with Crippen molar-refractivity contribution in [1.82, 2.24) is 5.43 Å². The monoisotopic (exact) mass is 428 g/mol. The number of carbonyl (C=O) groups excluding carboxylic acids is 2. The number of carbonyl (C=O) groups is 2. The molecule has 0 radical (unpaired) electrons. The van der Waals surface area contributed by atoms with Gasteiger partial charge in [-0.05, 0) is 40.9 Å². The van der Waals surface area contributed by atoms with Crippen molar-refractivity contribution in [3.8, 4) is 11.5 Å². The van der Waals surface area contributed by atoms with Gasteiger partial charge in [0.25, 0.3) is 0 Å². The Hall–Kier alpha value is -2.09. The first kappa shape index (κ1) is 22.0. The maximum atomic E-state index is 11.8. The summed E-state index contributed by atoms with van der Waals surface area (Å²) in [6.07, 6.45) is 5.66. The van der Waals surface area contributed by atoms with E-state index in [1.807, 2.05) is 0 Å². The number of esters is 1. The van der Waals surface area contributed by atoms with E-state index in [1.165, 1.54) is 7.11 Å². The van der Waals surface area contributed by atoms with Gasteiger partial charge in [0.05, 0.1) is 27.5 Å². The molecule has 1 aromatic carbocycles. The summed E-state index contributed by atoms with van der Waals surface area (Å²) in [5, 5.41) is 3.97. The number of unbranched alkanes of at least 4 members (excludes halogenated alkanes) is 3. The third-order valence-corrected chi connectivity index (χ3v) is 4.34. The topological polar surface area (TPSA) is 86.2 Å². The van der Waals surface area contributed by atoms with Gasteiger partial charge >= 0.3 is 5.97 Å². The Morgan fingerprint density at radius 1 is 1.04 bits per heavy atom. The Balaban J connectivity index is 2.35. The number of benzene rings is 1. The highest BCUT2D eigenvalue weighted by Crippen LogP contribution is 2.32. The van der Waals surface area contributed by atoms with Crippen molar-refractivity contribution in [1.29, 1.82) is 0 Å². The quantitative estimate of drug-likeness (QED) is 0.252. The molecule has 1 aromatic rings. The molecule has 1 N–H and O–H groups in total. The van der Waals surface area contributed by atoms with E-state index >= 15 is 0 Å². The van der Waals surface area contributed by atoms with Crippen molar-refractivity contribution in [2.24, 2.45) is 5.10 Å². The van der Waals surface area contributed by atoms with Crippen LogP contribution in [0.15, 0.2) is 21.7 Å². The second kappa shape index (κ2) is 12.3. The van der Waals surface area contributed by atoms with Crippen LogP contribution >= 0.6 is 15.9 Å². The number of hydrazone groups is 1. The number of amides is 1. The van der Waals surface area contributed by atoms with Crippen LogP contribution in [0.3, 0.4) is 0 Å². The van der Waals surface area contributed by atoms with Gasteiger partial charge in [-0.15, -0.1) is 0 Å². The highest BCUT2D eigenvalue weighted by Gasteiger charge is 2.08. The largest absolute Gasteiger partial charge is 0.493 e. The number of hydrogen-bond acceptors (Lipinski definition) is 6. The van der Waals surface area contributed by atoms with E-state index in [2.05, 4.69) is 31.2 Å². The molecule has 0 bridgehead atoms. The SMILES string of the molecule is COC(=O)CCCCCCC(=O)N/N=C/c1cc(OC)c(OC)cc1Br. The van der Waals surface area contributed by atoms with Gasteiger partial charge in [0.2, 0.25) is 5.91 Å². The fourth-order valence-corrected chi connectivity index (χ4v) is 2.63. The lowest BCUT2D eigenvalue weighted by Crippen LogP contribution is -2.17. The lowest BCUT2D eigenvalue weighted by Gasteiger charge is -2.09. The summed E-state index contributed by atoms with van der Waals surface area (Å²) in [5.74, 6) is 0.840. The Labute approximate surface area is 162 Å². The Morgan fingerprint density at radius 3 is 2.27 bits per heavy atom. The van der Waals surface area contributed by atoms with E-state index in [-0.39, 0.29) is 11.9 Å². The minimum Gasteiger partial charge on any atom is -0.493 e. The van der Waals surface area contributed by atoms with Gasteiger partial charge in [0.15, 0.2) is 11.5 Å². The number of hydrogen-bond donors (Lipinski definition) is 1. The van der Waals surface area contributed by atoms with Crippen LogP contribution in [0.4, 0.5) is 0 Å². The number of halogens is 1. The fourth-order valence-electron chi connectivity index (χ4n) is 2.21. The third-order valence-electron chi connectivity index (χ3n) is 3.66. The molecule has 0 aliphatic heterocycles. The molecule has 144 valence electrons. The van der Waals surface area contributed by atoms with Gasteiger partial charge in [-0.1, -0.05) is 12.8 Å². The number of rotatable bonds is 11. The molecule has 0 spiro atoms. The minimum absolute atomic E-state index is 0.147. The number of methoxy groups -OCH3 is 3. The van der Waals surface area contributed by atoms with Crippen LogP contribution < -0.4 is 14.9 Å². The molecule has 0 aromatic heterocycles. The Kier molecular flexibility index (Phi) is 10.4. The van der Waals surface area contributed by atoms with Crippen molar-refractivity contribution < 1.29 is 23.8 Å². The van der Waals surface area contributed by atoms with Crippen LogP contribution in [-0.4, -0.2) is 39.4 Å². The van der Waals surface area contributed by atoms with Gasteiger partial charge in [-0.2, -0.15) is 5.10 Å². The Morgan fingerprint density at radius 2 is 1.65 bits per heavy atom. The number of nitrogens with one attached hydrogen (secondary N) is 1. The van der Waals surface area contributed by atoms with Crippen molar-refractivity contribution in [2.75, 3.05) is 21.3 Å². The van der Waals surface area contributed by atoms with Crippen LogP contribution in [0.5, 0.6) is 11.5 Å². The molecule has 1 amide bonds. The molecule has 0 fully saturated rings. The van der Waals surface area contributed by atoms with Crippen LogP contribution in [0.25, 0.3) is 0 Å². The van der Waals surface area contributed by atoms with Crippen LogP contribution in [0, 0.1) is 0 Å². The van der Waals surface area contributed by atoms with E-state index in [0.29, 0.717) is 24.3 Å². The lowest BCUT2D eigenvalue weighted by molar-refractivity contribution is -0.140. The predicted octanol–water partition coefficient (Wildman–Crippen LogP) is 3.43. The van der Waals surface area contributed by atoms with Crippen molar-refractivity contribution in [2.45, 2.75) is 38.5 Å². The first-order chi connectivity index (χ1) is 12.5. The summed E-state index contributed by atoms with van der Waals surface area (Å²) in [7, 11) is 4.50. The molecule has 0 saturated heterocycles. The maximum Gasteiger partial charge on any atom is 0.305 e. The minimum atomic E-state index is -0.196. The molecule has 0 atom stereocenters. The van der Waals surface area contributed by atoms with Gasteiger partial charge in [-0.3, -0.25) is 9.59 Å². The summed E-state index contributed by atoms with van der Waals surface area (Å²) < 4.78 is 15.8. The second-order valence-electron chi connectivity index (χ2n) is 5.51. The Bertz CT molecular complexity index is 634. The molecule has 0 aliphatic rings. The smallest absolute Gasteiger partial charge is 0.305 e. The third kappa shape index (κ3) is 7.86. The molecular weight excluding hydrogens is 404 g/mol. The maximum absolute atomic E-state index is 11.8. The van der Waals surface area contributed by atoms with Gasteiger partial charge in [0.1, 0.15) is 0 Å². The van der Waals surface area contributed by atoms with E-state index in [4.69, 9.17) is 9.47 Å². The van der Waals surface area contributed by atoms with Crippen LogP contribution in [-0.2, 0) is 14.3 Å². The molecule has 0 aliphatic carbocycles. The normalized spacial score (nSPS) is 10.6. The van der Waals surface area contributed by atoms with Crippen LogP contribution in [0.2, 0.25) is 0 Å². The zero-order valence-corrected chi connectivity index (χ0v) is 16.9. The molecule has 0 heterocycles. The highest BCUT2D eigenvalue weighted by atomic mass is 79.9. The van der Waals surface area contributed by atoms with Gasteiger partial charge < -0.3 is 14.2 Å². The molecule has 8 heteroatoms. The van der Waals surface area contributed by atoms with Crippen molar-refractivity contribution >= 4 is 34.0 Å². The molecule has 0 unspecified atom stereocenters. The van der Waals surface area contributed by atoms with E-state index < -0.39 is 0 Å². The zero-order chi connectivity index (χ0) is 19.4. The molecule has 1 rings (SSSR count). The average molecular weight is 429 g/mol. The molecule has 7 nitrogen and oxygen atoms in total. The average Bonchev–Trinajstić information content (AvgIpc) is 2.65. The first-order valence-corrected chi connectivity index (χ1v) is 9.11. The van der Waals surface area contributed by atoms with E-state index in [0.717, 1.165) is 35.7 Å². The predicted molar refractivity (Wildman–Crippen MR) is 103 cm³/mol. The summed E-state index contributed by atoms with van der Waals surface area (Å²) >= 11 is 3.43. The summed E-state index contributed by atoms with van der Waals surface area (Å²) in [6.45, 7) is 0. The lowest BCUT2D eigenvalue weighted by atomic mass is 10.1. The fraction of sp³-hybridized carbons (Fsp3) is 0.500. The second-order valence-corrected chi connectivity index (χ2v) is 6.37. The standard InChI is InChI=1S/C18H25BrN2O5/c1-24-15-10-13(14(19)11-16(15)25-2)12-20-21-17(22)8-6-4-5-7-9-18(23)26-3/h10-12H,4-9H2,1-3H3,(H,21,22)/b20-12+. The van der Waals surface area contributed by atoms with Gasteiger partial charge in [0, 0.05) is 22.9 Å². The van der Waals surface area contributed by atoms with Crippen molar-refractivity contribution in [3.05, 3.63) is 22.2 Å². The molecule has 26 heavy (non-hydrogen) atoms. The highest BCUT2D eigenvalue weighted by molar-refractivity contribution is 9.10. The molecular formula is C18H25BrN2O5. The van der Waals surface area contributed by atoms with E-state index in [1.54, 1.807) is 32.6 Å². The summed E-state index contributed by atoms with van der Waals surface area (Å²) in [5.41, 5.74) is 3.26. The first-order valence-electron chi connectivity index (χ1n) is 8.32. The molecule has 0 saturated carbocycles. The number of ether oxygens (including phenoxy) is 3. The summed E-state index contributed by atoms with van der Waals surface area (Å²) in [6, 6.07) is 3.54. The van der Waals surface area contributed by atoms with Crippen molar-refractivity contribution in [3.63, 3.8) is 0 Å². The van der Waals surface area contributed by atoms with E-state index in [9.17, 15) is 9.59 Å². The van der Waals surface area contributed by atoms with Gasteiger partial charge in [-0.25, -0.2) is 5.43 Å². The zero-order valence-electron chi connectivity index (χ0n) is 15.3. The summed E-state index contributed by atoms with van der Waals surface area (Å²) in [4.78, 5) is 22.7. The number of nitrogens with zero attached hydrogens (tertiary/aromatic N) is 1.